The molecule has 0 aliphatic rings. The Hall–Kier alpha value is -1.38. The van der Waals surface area contributed by atoms with Crippen molar-refractivity contribution in [3.8, 4) is 0 Å². The number of nitrogens with zero attached hydrogens (tertiary/aromatic N) is 1. The van der Waals surface area contributed by atoms with Gasteiger partial charge in [-0.1, -0.05) is 6.58 Å². The van der Waals surface area contributed by atoms with E-state index in [-0.39, 0.29) is 5.82 Å². The lowest BCUT2D eigenvalue weighted by atomic mass is 10.5. The Balaban J connectivity index is 2.98. The molecular weight excluding hydrogens is 116 g/mol. The van der Waals surface area contributed by atoms with Gasteiger partial charge in [0.05, 0.1) is 5.69 Å². The van der Waals surface area contributed by atoms with Crippen LogP contribution in [0.2, 0.25) is 0 Å². The van der Waals surface area contributed by atoms with Crippen LogP contribution in [0.3, 0.4) is 0 Å². The predicted molar refractivity (Wildman–Crippen MR) is 33.5 cm³/mol. The Morgan fingerprint density at radius 2 is 2.67 bits per heavy atom. The fourth-order valence-corrected chi connectivity index (χ4v) is 0.493. The van der Waals surface area contributed by atoms with Crippen molar-refractivity contribution in [3.63, 3.8) is 0 Å². The van der Waals surface area contributed by atoms with Crippen molar-refractivity contribution in [2.24, 2.45) is 0 Å². The second-order valence-corrected chi connectivity index (χ2v) is 1.48. The Kier molecular flexibility index (Phi) is 1.44. The molecule has 0 saturated heterocycles. The Morgan fingerprint density at radius 3 is 3.00 bits per heavy atom. The smallest absolute Gasteiger partial charge is 0.271 e. The highest BCUT2D eigenvalue weighted by molar-refractivity contribution is 5.70. The molecule has 3 nitrogen and oxygen atoms in total. The second-order valence-electron chi connectivity index (χ2n) is 1.48. The molecule has 1 N–H and O–H groups in total. The zero-order valence-electron chi connectivity index (χ0n) is 4.72. The van der Waals surface area contributed by atoms with Crippen molar-refractivity contribution < 1.29 is 4.79 Å². The molecule has 0 aliphatic heterocycles. The highest BCUT2D eigenvalue weighted by atomic mass is 16.1. The summed E-state index contributed by atoms with van der Waals surface area (Å²) in [6, 6.07) is 0. The summed E-state index contributed by atoms with van der Waals surface area (Å²) in [7, 11) is 0. The Labute approximate surface area is 52.4 Å². The third kappa shape index (κ3) is 1.05. The van der Waals surface area contributed by atoms with Crippen LogP contribution in [-0.2, 0) is 4.79 Å². The van der Waals surface area contributed by atoms with Gasteiger partial charge in [-0.25, -0.2) is 4.98 Å². The molecule has 0 saturated carbocycles. The summed E-state index contributed by atoms with van der Waals surface area (Å²) in [5.41, 5.74) is 0.661. The average molecular weight is 121 g/mol. The summed E-state index contributed by atoms with van der Waals surface area (Å²) < 4.78 is 0. The van der Waals surface area contributed by atoms with Gasteiger partial charge in [-0.3, -0.25) is 4.79 Å². The fraction of sp³-hybridized carbons (Fsp3) is 0. The van der Waals surface area contributed by atoms with Crippen molar-refractivity contribution in [2.75, 3.05) is 0 Å². The van der Waals surface area contributed by atoms with Gasteiger partial charge in [0.2, 0.25) is 0 Å². The summed E-state index contributed by atoms with van der Waals surface area (Å²) in [6.45, 7) is 3.47. The summed E-state index contributed by atoms with van der Waals surface area (Å²) in [4.78, 5) is 16.2. The van der Waals surface area contributed by atoms with E-state index in [0.717, 1.165) is 0 Å². The maximum absolute atomic E-state index is 9.88. The van der Waals surface area contributed by atoms with Gasteiger partial charge in [-0.2, -0.15) is 0 Å². The topological polar surface area (TPSA) is 45.8 Å². The average Bonchev–Trinajstić information content (AvgIpc) is 2.34. The molecule has 45 valence electrons. The van der Waals surface area contributed by atoms with Gasteiger partial charge in [0, 0.05) is 6.20 Å². The molecule has 0 aromatic carbocycles. The molecular formula is C6H5N2O. The molecule has 0 amide bonds. The first-order valence-electron chi connectivity index (χ1n) is 2.43. The summed E-state index contributed by atoms with van der Waals surface area (Å²) in [5.74, 6) is 0.213. The van der Waals surface area contributed by atoms with Crippen LogP contribution >= 0.6 is 0 Å². The molecule has 3 heteroatoms. The normalized spacial score (nSPS) is 8.89. The number of carbonyl (C=O) groups excluding carboxylic acids is 1. The van der Waals surface area contributed by atoms with E-state index in [9.17, 15) is 4.79 Å². The Bertz CT molecular complexity index is 204. The van der Waals surface area contributed by atoms with E-state index in [2.05, 4.69) is 16.5 Å². The summed E-state index contributed by atoms with van der Waals surface area (Å²) in [5, 5.41) is 0. The molecule has 9 heavy (non-hydrogen) atoms. The van der Waals surface area contributed by atoms with Crippen molar-refractivity contribution in [2.45, 2.75) is 0 Å². The van der Waals surface area contributed by atoms with Crippen molar-refractivity contribution in [3.05, 3.63) is 24.3 Å². The van der Waals surface area contributed by atoms with Gasteiger partial charge < -0.3 is 4.98 Å². The first kappa shape index (κ1) is 5.75. The molecule has 0 bridgehead atoms. The second kappa shape index (κ2) is 2.26. The standard InChI is InChI=1S/C6H5N2O/c1-2-5-3-7-6(4-9)8-5/h2-3H,1H2,(H,7,8). The number of H-pyrrole nitrogens is 1. The zero-order valence-corrected chi connectivity index (χ0v) is 4.72. The number of imidazole rings is 1. The number of nitrogens with one attached hydrogen (secondary N) is 1. The first-order valence-corrected chi connectivity index (χ1v) is 2.43. The number of rotatable bonds is 2. The molecule has 1 rings (SSSR count). The molecule has 0 unspecified atom stereocenters. The quantitative estimate of drug-likeness (QED) is 0.619. The van der Waals surface area contributed by atoms with Crippen LogP contribution in [0.5, 0.6) is 0 Å². The number of hydrogen-bond donors (Lipinski definition) is 1. The monoisotopic (exact) mass is 121 g/mol. The molecule has 1 aromatic heterocycles. The van der Waals surface area contributed by atoms with E-state index < -0.39 is 0 Å². The minimum Gasteiger partial charge on any atom is -0.341 e. The van der Waals surface area contributed by atoms with E-state index in [1.807, 2.05) is 0 Å². The van der Waals surface area contributed by atoms with Crippen molar-refractivity contribution in [1.29, 1.82) is 0 Å². The van der Waals surface area contributed by atoms with Gasteiger partial charge in [-0.05, 0) is 6.08 Å². The van der Waals surface area contributed by atoms with Crippen LogP contribution in [0, 0.1) is 0 Å². The molecule has 1 heterocycles. The van der Waals surface area contributed by atoms with Gasteiger partial charge in [0.25, 0.3) is 6.29 Å². The molecule has 1 aromatic rings. The van der Waals surface area contributed by atoms with Crippen molar-refractivity contribution >= 4 is 12.4 Å². The fourth-order valence-electron chi connectivity index (χ4n) is 0.493. The molecule has 0 atom stereocenters. The van der Waals surface area contributed by atoms with Crippen molar-refractivity contribution in [1.82, 2.24) is 9.97 Å². The minimum atomic E-state index is 0.213. The van der Waals surface area contributed by atoms with Crippen LogP contribution in [-0.4, -0.2) is 16.3 Å². The van der Waals surface area contributed by atoms with Gasteiger partial charge in [0.15, 0.2) is 5.82 Å². The molecule has 0 spiro atoms. The number of aromatic amines is 1. The highest BCUT2D eigenvalue weighted by Gasteiger charge is 1.93. The maximum atomic E-state index is 9.88. The van der Waals surface area contributed by atoms with E-state index in [1.54, 1.807) is 18.6 Å². The van der Waals surface area contributed by atoms with Crippen LogP contribution in [0.4, 0.5) is 0 Å². The van der Waals surface area contributed by atoms with E-state index >= 15 is 0 Å². The predicted octanol–water partition coefficient (Wildman–Crippen LogP) is 0.511. The SMILES string of the molecule is C=Cc1c[nH]c([C]=O)n1. The molecule has 1 radical (unpaired) electrons. The minimum absolute atomic E-state index is 0.213. The lowest BCUT2D eigenvalue weighted by Gasteiger charge is -1.72. The van der Waals surface area contributed by atoms with Gasteiger partial charge in [-0.15, -0.1) is 0 Å². The Morgan fingerprint density at radius 1 is 1.89 bits per heavy atom. The third-order valence-electron chi connectivity index (χ3n) is 0.903. The van der Waals surface area contributed by atoms with E-state index in [1.165, 1.54) is 0 Å². The van der Waals surface area contributed by atoms with Crippen LogP contribution in [0.15, 0.2) is 12.8 Å². The summed E-state index contributed by atoms with van der Waals surface area (Å²) in [6.07, 6.45) is 4.76. The zero-order chi connectivity index (χ0) is 6.69. The molecule has 0 aliphatic carbocycles. The largest absolute Gasteiger partial charge is 0.341 e. The first-order chi connectivity index (χ1) is 4.36. The van der Waals surface area contributed by atoms with Gasteiger partial charge in [0.1, 0.15) is 0 Å². The van der Waals surface area contributed by atoms with Crippen LogP contribution in [0.25, 0.3) is 6.08 Å². The third-order valence-corrected chi connectivity index (χ3v) is 0.903. The molecule has 0 fully saturated rings. The summed E-state index contributed by atoms with van der Waals surface area (Å²) >= 11 is 0. The van der Waals surface area contributed by atoms with E-state index in [0.29, 0.717) is 5.69 Å². The van der Waals surface area contributed by atoms with E-state index in [4.69, 9.17) is 0 Å². The maximum Gasteiger partial charge on any atom is 0.271 e. The highest BCUT2D eigenvalue weighted by Crippen LogP contribution is 1.94. The number of hydrogen-bond acceptors (Lipinski definition) is 2. The lowest BCUT2D eigenvalue weighted by molar-refractivity contribution is 0.560. The lowest BCUT2D eigenvalue weighted by Crippen LogP contribution is -1.80. The van der Waals surface area contributed by atoms with Crippen LogP contribution < -0.4 is 0 Å². The van der Waals surface area contributed by atoms with Crippen LogP contribution in [0.1, 0.15) is 11.5 Å². The van der Waals surface area contributed by atoms with Gasteiger partial charge >= 0.3 is 0 Å². The number of aromatic nitrogens is 2.